The van der Waals surface area contributed by atoms with Crippen molar-refractivity contribution in [1.29, 1.82) is 0 Å². The second-order valence-corrected chi connectivity index (χ2v) is 7.65. The van der Waals surface area contributed by atoms with Crippen molar-refractivity contribution in [2.45, 2.75) is 39.2 Å². The van der Waals surface area contributed by atoms with Crippen LogP contribution in [-0.4, -0.2) is 19.1 Å². The molecule has 1 N–H and O–H groups in total. The Morgan fingerprint density at radius 1 is 0.967 bits per heavy atom. The Kier molecular flexibility index (Phi) is 7.12. The predicted octanol–water partition coefficient (Wildman–Crippen LogP) is 5.95. The first-order chi connectivity index (χ1) is 14.5. The highest BCUT2D eigenvalue weighted by Crippen LogP contribution is 2.35. The van der Waals surface area contributed by atoms with Gasteiger partial charge in [-0.3, -0.25) is 4.79 Å². The molecule has 0 aliphatic rings. The molecule has 0 saturated heterocycles. The van der Waals surface area contributed by atoms with Crippen LogP contribution in [0.4, 0.5) is 5.69 Å². The predicted molar refractivity (Wildman–Crippen MR) is 121 cm³/mol. The molecule has 0 radical (unpaired) electrons. The minimum absolute atomic E-state index is 0.0426. The summed E-state index contributed by atoms with van der Waals surface area (Å²) in [5.41, 5.74) is 3.93. The number of ether oxygens (including phenoxy) is 2. The standard InChI is InChI=1S/C26H29NO3/c1-18(2)30-22-14-12-20(13-15-22)24(23-10-5-6-11-25(23)29-4)17-26(28)27-21-9-7-8-19(3)16-21/h5-16,18,24H,17H2,1-4H3,(H,27,28). The van der Waals surface area contributed by atoms with E-state index in [1.165, 1.54) is 0 Å². The lowest BCUT2D eigenvalue weighted by Gasteiger charge is -2.21. The van der Waals surface area contributed by atoms with Crippen LogP contribution < -0.4 is 14.8 Å². The highest BCUT2D eigenvalue weighted by Gasteiger charge is 2.22. The molecule has 0 heterocycles. The summed E-state index contributed by atoms with van der Waals surface area (Å²) in [5.74, 6) is 1.41. The van der Waals surface area contributed by atoms with Crippen molar-refractivity contribution in [3.63, 3.8) is 0 Å². The fourth-order valence-electron chi connectivity index (χ4n) is 3.53. The molecule has 1 unspecified atom stereocenters. The van der Waals surface area contributed by atoms with E-state index in [-0.39, 0.29) is 17.9 Å². The van der Waals surface area contributed by atoms with Gasteiger partial charge in [-0.1, -0.05) is 42.5 Å². The first kappa shape index (κ1) is 21.4. The molecule has 156 valence electrons. The number of carbonyl (C=O) groups is 1. The van der Waals surface area contributed by atoms with E-state index in [1.54, 1.807) is 7.11 Å². The van der Waals surface area contributed by atoms with Crippen LogP contribution >= 0.6 is 0 Å². The molecule has 3 rings (SSSR count). The summed E-state index contributed by atoms with van der Waals surface area (Å²) >= 11 is 0. The number of benzene rings is 3. The minimum Gasteiger partial charge on any atom is -0.496 e. The zero-order valence-electron chi connectivity index (χ0n) is 18.0. The van der Waals surface area contributed by atoms with E-state index in [2.05, 4.69) is 5.32 Å². The van der Waals surface area contributed by atoms with Crippen LogP contribution in [0, 0.1) is 6.92 Å². The van der Waals surface area contributed by atoms with Crippen LogP contribution in [0.25, 0.3) is 0 Å². The number of carbonyl (C=O) groups excluding carboxylic acids is 1. The number of aryl methyl sites for hydroxylation is 1. The molecule has 0 fully saturated rings. The van der Waals surface area contributed by atoms with Gasteiger partial charge in [0.2, 0.25) is 5.91 Å². The zero-order valence-corrected chi connectivity index (χ0v) is 18.0. The summed E-state index contributed by atoms with van der Waals surface area (Å²) in [7, 11) is 1.66. The Hall–Kier alpha value is -3.27. The van der Waals surface area contributed by atoms with Crippen LogP contribution in [-0.2, 0) is 4.79 Å². The number of anilines is 1. The lowest BCUT2D eigenvalue weighted by molar-refractivity contribution is -0.116. The highest BCUT2D eigenvalue weighted by atomic mass is 16.5. The second kappa shape index (κ2) is 9.97. The van der Waals surface area contributed by atoms with Gasteiger partial charge in [0.1, 0.15) is 11.5 Å². The smallest absolute Gasteiger partial charge is 0.225 e. The molecular weight excluding hydrogens is 374 g/mol. The molecule has 4 heteroatoms. The molecule has 0 aliphatic heterocycles. The lowest BCUT2D eigenvalue weighted by Crippen LogP contribution is -2.17. The average molecular weight is 404 g/mol. The SMILES string of the molecule is COc1ccccc1C(CC(=O)Nc1cccc(C)c1)c1ccc(OC(C)C)cc1. The summed E-state index contributed by atoms with van der Waals surface area (Å²) in [6, 6.07) is 23.6. The largest absolute Gasteiger partial charge is 0.496 e. The fraction of sp³-hybridized carbons (Fsp3) is 0.269. The molecule has 3 aromatic rings. The summed E-state index contributed by atoms with van der Waals surface area (Å²) < 4.78 is 11.4. The summed E-state index contributed by atoms with van der Waals surface area (Å²) in [6.07, 6.45) is 0.416. The van der Waals surface area contributed by atoms with Crippen LogP contribution in [0.5, 0.6) is 11.5 Å². The normalized spacial score (nSPS) is 11.8. The maximum Gasteiger partial charge on any atom is 0.225 e. The zero-order chi connectivity index (χ0) is 21.5. The van der Waals surface area contributed by atoms with Gasteiger partial charge in [0.25, 0.3) is 0 Å². The van der Waals surface area contributed by atoms with Crippen LogP contribution in [0.15, 0.2) is 72.8 Å². The molecular formula is C26H29NO3. The van der Waals surface area contributed by atoms with Crippen LogP contribution in [0.3, 0.4) is 0 Å². The number of methoxy groups -OCH3 is 1. The van der Waals surface area contributed by atoms with E-state index in [9.17, 15) is 4.79 Å². The molecule has 1 atom stereocenters. The number of nitrogens with one attached hydrogen (secondary N) is 1. The topological polar surface area (TPSA) is 47.6 Å². The quantitative estimate of drug-likeness (QED) is 0.505. The Bertz CT molecular complexity index is 980. The van der Waals surface area contributed by atoms with Gasteiger partial charge in [0.15, 0.2) is 0 Å². The maximum atomic E-state index is 12.9. The van der Waals surface area contributed by atoms with Crippen molar-refractivity contribution >= 4 is 11.6 Å². The molecule has 3 aromatic carbocycles. The third-order valence-electron chi connectivity index (χ3n) is 4.86. The van der Waals surface area contributed by atoms with Gasteiger partial charge in [0.05, 0.1) is 13.2 Å². The third kappa shape index (κ3) is 5.63. The van der Waals surface area contributed by atoms with Crippen molar-refractivity contribution in [3.8, 4) is 11.5 Å². The second-order valence-electron chi connectivity index (χ2n) is 7.65. The molecule has 0 saturated carbocycles. The van der Waals surface area contributed by atoms with Crippen molar-refractivity contribution in [3.05, 3.63) is 89.5 Å². The van der Waals surface area contributed by atoms with E-state index < -0.39 is 0 Å². The number of hydrogen-bond acceptors (Lipinski definition) is 3. The highest BCUT2D eigenvalue weighted by molar-refractivity contribution is 5.91. The van der Waals surface area contributed by atoms with Gasteiger partial charge in [0, 0.05) is 23.6 Å². The summed E-state index contributed by atoms with van der Waals surface area (Å²) in [6.45, 7) is 6.01. The first-order valence-electron chi connectivity index (χ1n) is 10.2. The van der Waals surface area contributed by atoms with E-state index in [0.29, 0.717) is 6.42 Å². The van der Waals surface area contributed by atoms with Crippen molar-refractivity contribution in [2.24, 2.45) is 0 Å². The number of rotatable bonds is 8. The molecule has 0 aliphatic carbocycles. The number of hydrogen-bond donors (Lipinski definition) is 1. The van der Waals surface area contributed by atoms with E-state index in [4.69, 9.17) is 9.47 Å². The van der Waals surface area contributed by atoms with Crippen LogP contribution in [0.1, 0.15) is 42.9 Å². The Morgan fingerprint density at radius 2 is 1.70 bits per heavy atom. The molecule has 4 nitrogen and oxygen atoms in total. The minimum atomic E-state index is -0.140. The van der Waals surface area contributed by atoms with Crippen molar-refractivity contribution in [1.82, 2.24) is 0 Å². The van der Waals surface area contributed by atoms with E-state index in [0.717, 1.165) is 33.9 Å². The first-order valence-corrected chi connectivity index (χ1v) is 10.2. The molecule has 0 spiro atoms. The Morgan fingerprint density at radius 3 is 2.37 bits per heavy atom. The van der Waals surface area contributed by atoms with Crippen molar-refractivity contribution in [2.75, 3.05) is 12.4 Å². The summed E-state index contributed by atoms with van der Waals surface area (Å²) in [5, 5.41) is 3.02. The van der Waals surface area contributed by atoms with Gasteiger partial charge in [-0.25, -0.2) is 0 Å². The third-order valence-corrected chi connectivity index (χ3v) is 4.86. The molecule has 0 bridgehead atoms. The molecule has 0 aromatic heterocycles. The fourth-order valence-corrected chi connectivity index (χ4v) is 3.53. The van der Waals surface area contributed by atoms with E-state index in [1.807, 2.05) is 93.6 Å². The molecule has 1 amide bonds. The number of para-hydroxylation sites is 1. The Labute approximate surface area is 178 Å². The van der Waals surface area contributed by atoms with Gasteiger partial charge < -0.3 is 14.8 Å². The van der Waals surface area contributed by atoms with Gasteiger partial charge in [-0.05, 0) is 62.2 Å². The van der Waals surface area contributed by atoms with Crippen molar-refractivity contribution < 1.29 is 14.3 Å². The number of amides is 1. The lowest BCUT2D eigenvalue weighted by atomic mass is 9.87. The maximum absolute atomic E-state index is 12.9. The average Bonchev–Trinajstić information content (AvgIpc) is 2.72. The van der Waals surface area contributed by atoms with Gasteiger partial charge >= 0.3 is 0 Å². The van der Waals surface area contributed by atoms with E-state index >= 15 is 0 Å². The van der Waals surface area contributed by atoms with Crippen LogP contribution in [0.2, 0.25) is 0 Å². The monoisotopic (exact) mass is 403 g/mol. The van der Waals surface area contributed by atoms with Gasteiger partial charge in [-0.15, -0.1) is 0 Å². The summed E-state index contributed by atoms with van der Waals surface area (Å²) in [4.78, 5) is 12.9. The Balaban J connectivity index is 1.88. The molecule has 30 heavy (non-hydrogen) atoms. The van der Waals surface area contributed by atoms with Gasteiger partial charge in [-0.2, -0.15) is 0 Å².